The van der Waals surface area contributed by atoms with E-state index in [2.05, 4.69) is 73.1 Å². The number of nitrogens with one attached hydrogen (secondary N) is 1. The van der Waals surface area contributed by atoms with Crippen LogP contribution in [0.2, 0.25) is 0 Å². The van der Waals surface area contributed by atoms with Crippen LogP contribution in [0, 0.1) is 16.5 Å². The lowest BCUT2D eigenvalue weighted by Crippen LogP contribution is -2.16. The van der Waals surface area contributed by atoms with E-state index >= 15 is 0 Å². The lowest BCUT2D eigenvalue weighted by molar-refractivity contribution is 0.0699. The van der Waals surface area contributed by atoms with E-state index in [9.17, 15) is 19.1 Å². The molecule has 0 aliphatic heterocycles. The molecule has 3 aromatic rings. The van der Waals surface area contributed by atoms with Crippen LogP contribution in [0.5, 0.6) is 5.75 Å². The van der Waals surface area contributed by atoms with Crippen LogP contribution in [0.4, 0.5) is 9.39 Å². The van der Waals surface area contributed by atoms with E-state index in [1.807, 2.05) is 0 Å². The topological polar surface area (TPSA) is 75.6 Å². The van der Waals surface area contributed by atoms with E-state index in [-0.39, 0.29) is 10.6 Å². The molecule has 10 heteroatoms. The zero-order valence-corrected chi connectivity index (χ0v) is 21.8. The number of benzene rings is 2. The van der Waals surface area contributed by atoms with Gasteiger partial charge in [0.25, 0.3) is 5.91 Å². The second kappa shape index (κ2) is 9.43. The predicted octanol–water partition coefficient (Wildman–Crippen LogP) is 6.33. The Balaban J connectivity index is 2.01. The molecule has 1 heterocycles. The highest BCUT2D eigenvalue weighted by atomic mass is 127. The highest BCUT2D eigenvalue weighted by molar-refractivity contribution is 14.1. The molecule has 0 unspecified atom stereocenters. The van der Waals surface area contributed by atoms with Crippen LogP contribution in [0.3, 0.4) is 0 Å². The zero-order chi connectivity index (χ0) is 21.3. The molecule has 0 fully saturated rings. The van der Waals surface area contributed by atoms with Crippen molar-refractivity contribution in [2.75, 3.05) is 12.4 Å². The average molecular weight is 749 g/mol. The van der Waals surface area contributed by atoms with Gasteiger partial charge in [-0.05, 0) is 91.5 Å². The van der Waals surface area contributed by atoms with Crippen LogP contribution in [-0.2, 0) is 0 Å². The van der Waals surface area contributed by atoms with Crippen molar-refractivity contribution < 1.29 is 23.8 Å². The smallest absolute Gasteiger partial charge is 0.339 e. The van der Waals surface area contributed by atoms with Crippen LogP contribution in [0.1, 0.15) is 20.7 Å². The van der Waals surface area contributed by atoms with Crippen LogP contribution in [0.25, 0.3) is 11.1 Å². The van der Waals surface area contributed by atoms with E-state index < -0.39 is 17.7 Å². The lowest BCUT2D eigenvalue weighted by atomic mass is 10.0. The highest BCUT2D eigenvalue weighted by Crippen LogP contribution is 2.37. The first-order valence-electron chi connectivity index (χ1n) is 7.88. The number of carboxylic acid groups (broad SMARTS) is 1. The number of halogens is 4. The molecule has 5 nitrogen and oxygen atoms in total. The van der Waals surface area contributed by atoms with Crippen molar-refractivity contribution in [3.63, 3.8) is 0 Å². The molecular formula is C19H11FI3NO4S. The molecule has 2 N–H and O–H groups in total. The third-order valence-corrected chi connectivity index (χ3v) is 8.81. The zero-order valence-electron chi connectivity index (χ0n) is 14.6. The Morgan fingerprint density at radius 3 is 2.52 bits per heavy atom. The van der Waals surface area contributed by atoms with Gasteiger partial charge in [-0.1, -0.05) is 12.1 Å². The summed E-state index contributed by atoms with van der Waals surface area (Å²) in [5.74, 6) is -1.41. The second-order valence-electron chi connectivity index (χ2n) is 5.69. The number of carbonyl (C=O) groups is 2. The molecule has 0 bridgehead atoms. The molecule has 0 aliphatic carbocycles. The number of carbonyl (C=O) groups excluding carboxylic acids is 1. The van der Waals surface area contributed by atoms with Gasteiger partial charge in [-0.15, -0.1) is 11.3 Å². The fraction of sp³-hybridized carbons (Fsp3) is 0.0526. The van der Waals surface area contributed by atoms with Crippen molar-refractivity contribution in [3.05, 3.63) is 63.4 Å². The van der Waals surface area contributed by atoms with E-state index in [0.717, 1.165) is 18.5 Å². The molecule has 1 amide bonds. The Labute approximate surface area is 210 Å². The summed E-state index contributed by atoms with van der Waals surface area (Å²) in [6, 6.07) is 7.38. The second-order valence-corrected chi connectivity index (χ2v) is 9.89. The standard InChI is InChI=1S/C19H11FI3NO4S/c1-28-16-12(21)6-10(14(22)15(16)23)17(25)24-18-13(19(26)27)11(7-29-18)8-3-2-4-9(20)5-8/h2-7H,1H3,(H,24,25)(H,26,27). The van der Waals surface area contributed by atoms with Gasteiger partial charge >= 0.3 is 5.97 Å². The summed E-state index contributed by atoms with van der Waals surface area (Å²) in [4.78, 5) is 24.8. The molecule has 150 valence electrons. The predicted molar refractivity (Wildman–Crippen MR) is 136 cm³/mol. The summed E-state index contributed by atoms with van der Waals surface area (Å²) in [5, 5.41) is 14.2. The van der Waals surface area contributed by atoms with Gasteiger partial charge < -0.3 is 15.2 Å². The summed E-state index contributed by atoms with van der Waals surface area (Å²) in [5.41, 5.74) is 1.13. The first-order chi connectivity index (χ1) is 13.7. The van der Waals surface area contributed by atoms with Gasteiger partial charge in [-0.25, -0.2) is 9.18 Å². The molecular weight excluding hydrogens is 738 g/mol. The van der Waals surface area contributed by atoms with Crippen molar-refractivity contribution in [3.8, 4) is 16.9 Å². The van der Waals surface area contributed by atoms with E-state index in [1.165, 1.54) is 18.2 Å². The summed E-state index contributed by atoms with van der Waals surface area (Å²) in [6.07, 6.45) is 0. The van der Waals surface area contributed by atoms with Gasteiger partial charge in [0.05, 0.1) is 19.8 Å². The van der Waals surface area contributed by atoms with Crippen molar-refractivity contribution in [2.24, 2.45) is 0 Å². The van der Waals surface area contributed by atoms with Gasteiger partial charge in [0, 0.05) is 14.5 Å². The van der Waals surface area contributed by atoms with Gasteiger partial charge in [0.1, 0.15) is 22.1 Å². The SMILES string of the molecule is COc1c(I)cc(C(=O)Nc2scc(-c3cccc(F)c3)c2C(=O)O)c(I)c1I. The summed E-state index contributed by atoms with van der Waals surface area (Å²) < 4.78 is 21.2. The third-order valence-electron chi connectivity index (χ3n) is 3.93. The Hall–Kier alpha value is -1.000. The van der Waals surface area contributed by atoms with Crippen LogP contribution in [0.15, 0.2) is 35.7 Å². The monoisotopic (exact) mass is 749 g/mol. The number of aromatic carboxylic acids is 1. The van der Waals surface area contributed by atoms with Gasteiger partial charge in [0.2, 0.25) is 0 Å². The molecule has 1 aromatic heterocycles. The molecule has 3 rings (SSSR count). The maximum absolute atomic E-state index is 13.6. The molecule has 0 radical (unpaired) electrons. The minimum atomic E-state index is -1.20. The van der Waals surface area contributed by atoms with Crippen LogP contribution < -0.4 is 10.1 Å². The minimum absolute atomic E-state index is 0.0677. The molecule has 2 aromatic carbocycles. The van der Waals surface area contributed by atoms with Crippen LogP contribution >= 0.6 is 79.1 Å². The van der Waals surface area contributed by atoms with Gasteiger partial charge in [-0.2, -0.15) is 0 Å². The normalized spacial score (nSPS) is 10.7. The first-order valence-corrected chi connectivity index (χ1v) is 12.0. The maximum atomic E-state index is 13.6. The molecule has 0 aliphatic rings. The van der Waals surface area contributed by atoms with Gasteiger partial charge in [0.15, 0.2) is 0 Å². The fourth-order valence-corrected chi connectivity index (χ4v) is 6.35. The third kappa shape index (κ3) is 4.69. The number of carboxylic acids is 1. The molecule has 29 heavy (non-hydrogen) atoms. The quantitative estimate of drug-likeness (QED) is 0.237. The Bertz CT molecular complexity index is 1130. The summed E-state index contributed by atoms with van der Waals surface area (Å²) in [7, 11) is 1.56. The number of rotatable bonds is 5. The number of anilines is 1. The fourth-order valence-electron chi connectivity index (χ4n) is 2.63. The molecule has 0 spiro atoms. The first kappa shape index (κ1) is 22.7. The number of hydrogen-bond donors (Lipinski definition) is 2. The van der Waals surface area contributed by atoms with Crippen LogP contribution in [-0.4, -0.2) is 24.1 Å². The van der Waals surface area contributed by atoms with E-state index in [4.69, 9.17) is 4.74 Å². The molecule has 0 saturated carbocycles. The number of ether oxygens (including phenoxy) is 1. The Morgan fingerprint density at radius 2 is 1.90 bits per heavy atom. The maximum Gasteiger partial charge on any atom is 0.339 e. The summed E-state index contributed by atoms with van der Waals surface area (Å²) >= 11 is 7.34. The summed E-state index contributed by atoms with van der Waals surface area (Å²) in [6.45, 7) is 0. The Morgan fingerprint density at radius 1 is 1.17 bits per heavy atom. The number of thiophene rings is 1. The minimum Gasteiger partial charge on any atom is -0.494 e. The number of hydrogen-bond acceptors (Lipinski definition) is 4. The van der Waals surface area contributed by atoms with Crippen molar-refractivity contribution >= 4 is 96.0 Å². The van der Waals surface area contributed by atoms with Crippen molar-refractivity contribution in [1.29, 1.82) is 0 Å². The van der Waals surface area contributed by atoms with Crippen molar-refractivity contribution in [1.82, 2.24) is 0 Å². The molecule has 0 atom stereocenters. The number of methoxy groups -OCH3 is 1. The van der Waals surface area contributed by atoms with E-state index in [1.54, 1.807) is 24.6 Å². The number of amides is 1. The highest BCUT2D eigenvalue weighted by Gasteiger charge is 2.24. The van der Waals surface area contributed by atoms with E-state index in [0.29, 0.717) is 26.0 Å². The molecule has 0 saturated heterocycles. The average Bonchev–Trinajstić information content (AvgIpc) is 3.09. The van der Waals surface area contributed by atoms with Crippen molar-refractivity contribution in [2.45, 2.75) is 0 Å². The van der Waals surface area contributed by atoms with Gasteiger partial charge in [-0.3, -0.25) is 4.79 Å². The lowest BCUT2D eigenvalue weighted by Gasteiger charge is -2.13. The largest absolute Gasteiger partial charge is 0.494 e. The Kier molecular flexibility index (Phi) is 7.37.